The number of aromatic nitrogens is 1. The molecule has 28 heavy (non-hydrogen) atoms. The summed E-state index contributed by atoms with van der Waals surface area (Å²) in [7, 11) is 0. The Bertz CT molecular complexity index is 788. The molecule has 3 rings (SSSR count). The number of nitrogens with one attached hydrogen (secondary N) is 2. The summed E-state index contributed by atoms with van der Waals surface area (Å²) < 4.78 is 5.62. The monoisotopic (exact) mass is 381 g/mol. The van der Waals surface area contributed by atoms with Crippen molar-refractivity contribution >= 4 is 17.4 Å². The van der Waals surface area contributed by atoms with Gasteiger partial charge in [0, 0.05) is 43.2 Å². The van der Waals surface area contributed by atoms with Gasteiger partial charge in [-0.15, -0.1) is 0 Å². The minimum Gasteiger partial charge on any atom is -0.492 e. The van der Waals surface area contributed by atoms with E-state index in [9.17, 15) is 4.79 Å². The highest BCUT2D eigenvalue weighted by atomic mass is 16.5. The Morgan fingerprint density at radius 3 is 2.71 bits per heavy atom. The molecule has 0 bridgehead atoms. The number of amidine groups is 1. The first-order valence-corrected chi connectivity index (χ1v) is 9.61. The molecule has 1 aromatic heterocycles. The van der Waals surface area contributed by atoms with Crippen molar-refractivity contribution in [1.29, 1.82) is 5.41 Å². The molecule has 1 aliphatic heterocycles. The molecule has 1 aliphatic rings. The maximum absolute atomic E-state index is 12.2. The van der Waals surface area contributed by atoms with Gasteiger partial charge < -0.3 is 20.7 Å². The summed E-state index contributed by atoms with van der Waals surface area (Å²) in [5, 5.41) is 10.4. The van der Waals surface area contributed by atoms with Gasteiger partial charge in [-0.1, -0.05) is 12.1 Å². The first-order chi connectivity index (χ1) is 13.6. The van der Waals surface area contributed by atoms with Crippen molar-refractivity contribution in [2.45, 2.75) is 19.3 Å². The average molecular weight is 381 g/mol. The number of nitrogens with two attached hydrogens (primary N) is 1. The number of rotatable bonds is 8. The topological polar surface area (TPSA) is 104 Å². The Morgan fingerprint density at radius 1 is 1.25 bits per heavy atom. The Kier molecular flexibility index (Phi) is 6.84. The van der Waals surface area contributed by atoms with Gasteiger partial charge in [0.25, 0.3) is 0 Å². The number of hydrogen-bond donors (Lipinski definition) is 3. The van der Waals surface area contributed by atoms with Crippen molar-refractivity contribution in [3.63, 3.8) is 0 Å². The second-order valence-corrected chi connectivity index (χ2v) is 6.98. The van der Waals surface area contributed by atoms with Crippen LogP contribution in [-0.2, 0) is 4.79 Å². The number of carbonyl (C=O) groups is 1. The summed E-state index contributed by atoms with van der Waals surface area (Å²) in [4.78, 5) is 18.6. The molecule has 0 radical (unpaired) electrons. The normalized spacial score (nSPS) is 14.5. The van der Waals surface area contributed by atoms with E-state index in [0.29, 0.717) is 36.8 Å². The van der Waals surface area contributed by atoms with Crippen molar-refractivity contribution in [3.8, 4) is 5.75 Å². The number of carbonyl (C=O) groups excluding carboxylic acids is 1. The molecule has 148 valence electrons. The second kappa shape index (κ2) is 9.73. The highest BCUT2D eigenvalue weighted by Crippen LogP contribution is 2.24. The third kappa shape index (κ3) is 5.70. The van der Waals surface area contributed by atoms with E-state index in [-0.39, 0.29) is 11.7 Å². The Hall–Kier alpha value is -3.09. The molecule has 1 amide bonds. The highest BCUT2D eigenvalue weighted by molar-refractivity contribution is 5.95. The minimum absolute atomic E-state index is 0.00808. The van der Waals surface area contributed by atoms with Gasteiger partial charge in [0.1, 0.15) is 18.2 Å². The van der Waals surface area contributed by atoms with Crippen molar-refractivity contribution < 1.29 is 9.53 Å². The Labute approximate surface area is 165 Å². The number of anilines is 1. The van der Waals surface area contributed by atoms with E-state index < -0.39 is 0 Å². The molecule has 7 heteroatoms. The van der Waals surface area contributed by atoms with Crippen LogP contribution in [0.3, 0.4) is 0 Å². The first kappa shape index (κ1) is 19.7. The van der Waals surface area contributed by atoms with E-state index in [1.165, 1.54) is 5.69 Å². The SMILES string of the molecule is N=C(N)c1cccc(OCCNC(=O)CC2CCN(c3ccncc3)CC2)c1. The molecular weight excluding hydrogens is 354 g/mol. The van der Waals surface area contributed by atoms with Crippen molar-refractivity contribution in [2.75, 3.05) is 31.1 Å². The van der Waals surface area contributed by atoms with Crippen LogP contribution in [0.25, 0.3) is 0 Å². The number of pyridine rings is 1. The van der Waals surface area contributed by atoms with Gasteiger partial charge in [0.05, 0.1) is 6.54 Å². The van der Waals surface area contributed by atoms with Gasteiger partial charge in [-0.25, -0.2) is 0 Å². The van der Waals surface area contributed by atoms with Crippen LogP contribution in [-0.4, -0.2) is 43.0 Å². The first-order valence-electron chi connectivity index (χ1n) is 9.61. The standard InChI is InChI=1S/C21H27N5O2/c22-21(23)17-2-1-3-19(15-17)28-13-10-25-20(27)14-16-6-11-26(12-7-16)18-4-8-24-9-5-18/h1-5,8-9,15-16H,6-7,10-14H2,(H3,22,23)(H,25,27). The number of amides is 1. The second-order valence-electron chi connectivity index (χ2n) is 6.98. The fraction of sp³-hybridized carbons (Fsp3) is 0.381. The zero-order chi connectivity index (χ0) is 19.8. The number of nitrogen functional groups attached to an aromatic ring is 1. The molecular formula is C21H27N5O2. The maximum atomic E-state index is 12.2. The molecule has 1 fully saturated rings. The van der Waals surface area contributed by atoms with E-state index >= 15 is 0 Å². The molecule has 0 aliphatic carbocycles. The van der Waals surface area contributed by atoms with Crippen LogP contribution in [0, 0.1) is 11.3 Å². The van der Waals surface area contributed by atoms with Crippen LogP contribution in [0.4, 0.5) is 5.69 Å². The van der Waals surface area contributed by atoms with Gasteiger partial charge in [-0.3, -0.25) is 15.2 Å². The van der Waals surface area contributed by atoms with E-state index in [1.54, 1.807) is 18.2 Å². The molecule has 0 atom stereocenters. The zero-order valence-corrected chi connectivity index (χ0v) is 15.9. The fourth-order valence-electron chi connectivity index (χ4n) is 3.40. The van der Waals surface area contributed by atoms with E-state index in [4.69, 9.17) is 15.9 Å². The van der Waals surface area contributed by atoms with Crippen molar-refractivity contribution in [1.82, 2.24) is 10.3 Å². The van der Waals surface area contributed by atoms with E-state index in [1.807, 2.05) is 30.6 Å². The summed E-state index contributed by atoms with van der Waals surface area (Å²) in [6.07, 6.45) is 6.22. The van der Waals surface area contributed by atoms with Gasteiger partial charge in [0.2, 0.25) is 5.91 Å². The molecule has 4 N–H and O–H groups in total. The molecule has 2 heterocycles. The lowest BCUT2D eigenvalue weighted by Gasteiger charge is -2.33. The largest absolute Gasteiger partial charge is 0.492 e. The summed E-state index contributed by atoms with van der Waals surface area (Å²) in [6, 6.07) is 11.1. The van der Waals surface area contributed by atoms with Crippen LogP contribution in [0.5, 0.6) is 5.75 Å². The summed E-state index contributed by atoms with van der Waals surface area (Å²) in [5.41, 5.74) is 7.30. The van der Waals surface area contributed by atoms with Gasteiger partial charge in [-0.05, 0) is 43.0 Å². The van der Waals surface area contributed by atoms with E-state index in [2.05, 4.69) is 15.2 Å². The number of hydrogen-bond acceptors (Lipinski definition) is 5. The summed E-state index contributed by atoms with van der Waals surface area (Å²) in [5.74, 6) is 1.15. The van der Waals surface area contributed by atoms with Crippen LogP contribution in [0.15, 0.2) is 48.8 Å². The third-order valence-corrected chi connectivity index (χ3v) is 4.95. The van der Waals surface area contributed by atoms with E-state index in [0.717, 1.165) is 25.9 Å². The minimum atomic E-state index is 0.00808. The summed E-state index contributed by atoms with van der Waals surface area (Å²) >= 11 is 0. The molecule has 0 saturated carbocycles. The number of benzene rings is 1. The van der Waals surface area contributed by atoms with Gasteiger partial charge in [0.15, 0.2) is 0 Å². The van der Waals surface area contributed by atoms with Crippen LogP contribution >= 0.6 is 0 Å². The highest BCUT2D eigenvalue weighted by Gasteiger charge is 2.21. The van der Waals surface area contributed by atoms with Crippen LogP contribution in [0.2, 0.25) is 0 Å². The maximum Gasteiger partial charge on any atom is 0.220 e. The number of nitrogens with zero attached hydrogens (tertiary/aromatic N) is 2. The Balaban J connectivity index is 1.33. The molecule has 7 nitrogen and oxygen atoms in total. The quantitative estimate of drug-likeness (QED) is 0.369. The smallest absolute Gasteiger partial charge is 0.220 e. The van der Waals surface area contributed by atoms with Crippen LogP contribution in [0.1, 0.15) is 24.8 Å². The molecule has 2 aromatic rings. The van der Waals surface area contributed by atoms with Crippen molar-refractivity contribution in [2.24, 2.45) is 11.7 Å². The molecule has 1 aromatic carbocycles. The number of piperidine rings is 1. The zero-order valence-electron chi connectivity index (χ0n) is 15.9. The lowest BCUT2D eigenvalue weighted by Crippen LogP contribution is -2.36. The summed E-state index contributed by atoms with van der Waals surface area (Å²) in [6.45, 7) is 2.78. The molecule has 0 unspecified atom stereocenters. The Morgan fingerprint density at radius 2 is 2.00 bits per heavy atom. The van der Waals surface area contributed by atoms with Crippen molar-refractivity contribution in [3.05, 3.63) is 54.4 Å². The lowest BCUT2D eigenvalue weighted by atomic mass is 9.93. The van der Waals surface area contributed by atoms with Crippen LogP contribution < -0.4 is 20.7 Å². The number of ether oxygens (including phenoxy) is 1. The van der Waals surface area contributed by atoms with Gasteiger partial charge >= 0.3 is 0 Å². The predicted octanol–water partition coefficient (Wildman–Crippen LogP) is 2.17. The fourth-order valence-corrected chi connectivity index (χ4v) is 3.40. The predicted molar refractivity (Wildman–Crippen MR) is 110 cm³/mol. The lowest BCUT2D eigenvalue weighted by molar-refractivity contribution is -0.122. The molecule has 0 spiro atoms. The van der Waals surface area contributed by atoms with Gasteiger partial charge in [-0.2, -0.15) is 0 Å². The molecule has 1 saturated heterocycles. The average Bonchev–Trinajstić information content (AvgIpc) is 2.73. The third-order valence-electron chi connectivity index (χ3n) is 4.95.